The predicted molar refractivity (Wildman–Crippen MR) is 55.0 cm³/mol. The maximum atomic E-state index is 11.0. The van der Waals surface area contributed by atoms with Gasteiger partial charge in [0.05, 0.1) is 6.21 Å². The third-order valence-corrected chi connectivity index (χ3v) is 2.21. The van der Waals surface area contributed by atoms with Crippen molar-refractivity contribution in [2.45, 2.75) is 19.8 Å². The average molecular weight is 196 g/mol. The van der Waals surface area contributed by atoms with Crippen molar-refractivity contribution in [2.24, 2.45) is 5.10 Å². The molecule has 0 radical (unpaired) electrons. The highest BCUT2D eigenvalue weighted by Crippen LogP contribution is 2.03. The van der Waals surface area contributed by atoms with Crippen LogP contribution in [0.2, 0.25) is 0 Å². The van der Waals surface area contributed by atoms with E-state index in [1.807, 2.05) is 24.4 Å². The summed E-state index contributed by atoms with van der Waals surface area (Å²) >= 11 is 1.59. The average Bonchev–Trinajstić information content (AvgIpc) is 2.57. The lowest BCUT2D eigenvalue weighted by Gasteiger charge is -1.94. The van der Waals surface area contributed by atoms with Gasteiger partial charge in [-0.25, -0.2) is 5.43 Å². The fraction of sp³-hybridized carbons (Fsp3) is 0.333. The molecule has 0 bridgehead atoms. The third-order valence-electron chi connectivity index (χ3n) is 1.40. The summed E-state index contributed by atoms with van der Waals surface area (Å²) in [6.45, 7) is 1.96. The summed E-state index contributed by atoms with van der Waals surface area (Å²) in [7, 11) is 0. The number of hydrazone groups is 1. The first kappa shape index (κ1) is 9.92. The van der Waals surface area contributed by atoms with Gasteiger partial charge in [-0.15, -0.1) is 11.3 Å². The Morgan fingerprint density at radius 1 is 1.77 bits per heavy atom. The maximum absolute atomic E-state index is 11.0. The molecular weight excluding hydrogens is 184 g/mol. The number of thiophene rings is 1. The first-order valence-electron chi connectivity index (χ1n) is 4.18. The summed E-state index contributed by atoms with van der Waals surface area (Å²) in [6, 6.07) is 3.89. The van der Waals surface area contributed by atoms with Gasteiger partial charge >= 0.3 is 0 Å². The van der Waals surface area contributed by atoms with Crippen molar-refractivity contribution in [3.05, 3.63) is 22.4 Å². The highest BCUT2D eigenvalue weighted by atomic mass is 32.1. The number of hydrogen-bond donors (Lipinski definition) is 1. The normalized spacial score (nSPS) is 10.5. The van der Waals surface area contributed by atoms with E-state index >= 15 is 0 Å². The highest BCUT2D eigenvalue weighted by molar-refractivity contribution is 7.11. The molecule has 1 aromatic rings. The molecule has 70 valence electrons. The van der Waals surface area contributed by atoms with E-state index in [2.05, 4.69) is 10.5 Å². The topological polar surface area (TPSA) is 41.5 Å². The molecule has 1 heterocycles. The van der Waals surface area contributed by atoms with E-state index < -0.39 is 0 Å². The van der Waals surface area contributed by atoms with Gasteiger partial charge in [-0.05, 0) is 17.9 Å². The van der Waals surface area contributed by atoms with Crippen molar-refractivity contribution in [1.82, 2.24) is 5.43 Å². The van der Waals surface area contributed by atoms with Gasteiger partial charge in [-0.2, -0.15) is 5.10 Å². The Kier molecular flexibility index (Phi) is 4.18. The second kappa shape index (κ2) is 5.48. The monoisotopic (exact) mass is 196 g/mol. The van der Waals surface area contributed by atoms with Crippen LogP contribution in [0.5, 0.6) is 0 Å². The van der Waals surface area contributed by atoms with Crippen LogP contribution in [0.3, 0.4) is 0 Å². The van der Waals surface area contributed by atoms with Gasteiger partial charge in [0.2, 0.25) is 5.91 Å². The van der Waals surface area contributed by atoms with E-state index in [4.69, 9.17) is 0 Å². The van der Waals surface area contributed by atoms with Crippen LogP contribution in [0.25, 0.3) is 0 Å². The zero-order valence-electron chi connectivity index (χ0n) is 7.49. The van der Waals surface area contributed by atoms with E-state index in [0.29, 0.717) is 6.42 Å². The molecule has 3 nitrogen and oxygen atoms in total. The molecule has 0 saturated carbocycles. The Balaban J connectivity index is 2.30. The smallest absolute Gasteiger partial charge is 0.240 e. The van der Waals surface area contributed by atoms with E-state index in [-0.39, 0.29) is 5.91 Å². The van der Waals surface area contributed by atoms with Crippen LogP contribution in [0.1, 0.15) is 24.6 Å². The van der Waals surface area contributed by atoms with Crippen LogP contribution < -0.4 is 5.43 Å². The molecule has 1 N–H and O–H groups in total. The van der Waals surface area contributed by atoms with Crippen molar-refractivity contribution in [2.75, 3.05) is 0 Å². The minimum absolute atomic E-state index is 0.0321. The first-order valence-corrected chi connectivity index (χ1v) is 5.06. The molecule has 13 heavy (non-hydrogen) atoms. The third kappa shape index (κ3) is 3.85. The molecule has 0 saturated heterocycles. The van der Waals surface area contributed by atoms with Crippen LogP contribution >= 0.6 is 11.3 Å². The lowest BCUT2D eigenvalue weighted by atomic mass is 10.3. The van der Waals surface area contributed by atoms with Crippen molar-refractivity contribution in [1.29, 1.82) is 0 Å². The molecule has 1 rings (SSSR count). The van der Waals surface area contributed by atoms with Gasteiger partial charge in [0.25, 0.3) is 0 Å². The number of carbonyl (C=O) groups excluding carboxylic acids is 1. The molecular formula is C9H12N2OS. The van der Waals surface area contributed by atoms with Gasteiger partial charge < -0.3 is 0 Å². The number of carbonyl (C=O) groups is 1. The molecule has 4 heteroatoms. The summed E-state index contributed by atoms with van der Waals surface area (Å²) in [6.07, 6.45) is 3.03. The van der Waals surface area contributed by atoms with Crippen LogP contribution in [0.4, 0.5) is 0 Å². The summed E-state index contributed by atoms with van der Waals surface area (Å²) in [5.74, 6) is -0.0321. The van der Waals surface area contributed by atoms with E-state index in [0.717, 1.165) is 11.3 Å². The quantitative estimate of drug-likeness (QED) is 0.580. The largest absolute Gasteiger partial charge is 0.273 e. The van der Waals surface area contributed by atoms with E-state index in [1.165, 1.54) is 0 Å². The second-order valence-corrected chi connectivity index (χ2v) is 3.54. The second-order valence-electron chi connectivity index (χ2n) is 2.56. The lowest BCUT2D eigenvalue weighted by Crippen LogP contribution is -2.16. The Bertz CT molecular complexity index is 280. The standard InChI is InChI=1S/C9H12N2OS/c1-2-4-9(12)11-10-7-8-5-3-6-13-8/h3,5-7H,2,4H2,1H3,(H,11,12). The Morgan fingerprint density at radius 3 is 3.23 bits per heavy atom. The van der Waals surface area contributed by atoms with Gasteiger partial charge in [0.1, 0.15) is 0 Å². The van der Waals surface area contributed by atoms with Crippen LogP contribution in [0.15, 0.2) is 22.6 Å². The Hall–Kier alpha value is -1.16. The highest BCUT2D eigenvalue weighted by Gasteiger charge is 1.94. The minimum atomic E-state index is -0.0321. The summed E-state index contributed by atoms with van der Waals surface area (Å²) in [5, 5.41) is 5.79. The number of rotatable bonds is 4. The summed E-state index contributed by atoms with van der Waals surface area (Å²) in [5.41, 5.74) is 2.46. The summed E-state index contributed by atoms with van der Waals surface area (Å²) < 4.78 is 0. The fourth-order valence-electron chi connectivity index (χ4n) is 0.816. The molecule has 1 aromatic heterocycles. The van der Waals surface area contributed by atoms with Crippen molar-refractivity contribution < 1.29 is 4.79 Å². The zero-order chi connectivity index (χ0) is 9.52. The van der Waals surface area contributed by atoms with Crippen molar-refractivity contribution >= 4 is 23.5 Å². The molecule has 0 unspecified atom stereocenters. The molecule has 0 fully saturated rings. The molecule has 0 aromatic carbocycles. The Labute approximate surface area is 81.5 Å². The van der Waals surface area contributed by atoms with Gasteiger partial charge in [0, 0.05) is 11.3 Å². The lowest BCUT2D eigenvalue weighted by molar-refractivity contribution is -0.121. The molecule has 1 amide bonds. The van der Waals surface area contributed by atoms with Gasteiger partial charge in [0.15, 0.2) is 0 Å². The van der Waals surface area contributed by atoms with Gasteiger partial charge in [-0.3, -0.25) is 4.79 Å². The van der Waals surface area contributed by atoms with Crippen LogP contribution in [-0.2, 0) is 4.79 Å². The SMILES string of the molecule is CCCC(=O)NN=Cc1cccs1. The zero-order valence-corrected chi connectivity index (χ0v) is 8.30. The number of nitrogens with one attached hydrogen (secondary N) is 1. The first-order chi connectivity index (χ1) is 6.33. The maximum Gasteiger partial charge on any atom is 0.240 e. The molecule has 0 spiro atoms. The number of hydrogen-bond acceptors (Lipinski definition) is 3. The van der Waals surface area contributed by atoms with E-state index in [9.17, 15) is 4.79 Å². The minimum Gasteiger partial charge on any atom is -0.273 e. The van der Waals surface area contributed by atoms with Gasteiger partial charge in [-0.1, -0.05) is 13.0 Å². The summed E-state index contributed by atoms with van der Waals surface area (Å²) in [4.78, 5) is 12.0. The predicted octanol–water partition coefficient (Wildman–Crippen LogP) is 2.00. The molecule has 0 atom stereocenters. The van der Waals surface area contributed by atoms with Crippen molar-refractivity contribution in [3.63, 3.8) is 0 Å². The van der Waals surface area contributed by atoms with E-state index in [1.54, 1.807) is 17.6 Å². The van der Waals surface area contributed by atoms with Crippen LogP contribution in [0, 0.1) is 0 Å². The Morgan fingerprint density at radius 2 is 2.62 bits per heavy atom. The van der Waals surface area contributed by atoms with Crippen molar-refractivity contribution in [3.8, 4) is 0 Å². The number of nitrogens with zero attached hydrogens (tertiary/aromatic N) is 1. The fourth-order valence-corrected chi connectivity index (χ4v) is 1.40. The molecule has 0 aliphatic heterocycles. The number of amides is 1. The molecule has 0 aliphatic rings. The molecule has 0 aliphatic carbocycles. The van der Waals surface area contributed by atoms with Crippen LogP contribution in [-0.4, -0.2) is 12.1 Å².